The quantitative estimate of drug-likeness (QED) is 0.805. The van der Waals surface area contributed by atoms with Crippen LogP contribution in [0, 0.1) is 0 Å². The van der Waals surface area contributed by atoms with E-state index in [0.717, 1.165) is 33.8 Å². The third-order valence-electron chi connectivity index (χ3n) is 4.25. The maximum Gasteiger partial charge on any atom is 0.323 e. The number of benzene rings is 1. The topological polar surface area (TPSA) is 63.9 Å². The molecule has 2 heterocycles. The van der Waals surface area contributed by atoms with Gasteiger partial charge in [0.25, 0.3) is 0 Å². The Kier molecular flexibility index (Phi) is 2.89. The molecule has 1 aliphatic carbocycles. The monoisotopic (exact) mass is 336 g/mol. The SMILES string of the molecule is O=c1[nH]c2cc(Br)c(NC3CCN(C4CC4)C3)cc2[nH]1. The maximum absolute atomic E-state index is 11.3. The summed E-state index contributed by atoms with van der Waals surface area (Å²) in [5.41, 5.74) is 2.57. The number of nitrogens with zero attached hydrogens (tertiary/aromatic N) is 1. The highest BCUT2D eigenvalue weighted by Gasteiger charge is 2.34. The van der Waals surface area contributed by atoms with E-state index in [1.807, 2.05) is 12.1 Å². The summed E-state index contributed by atoms with van der Waals surface area (Å²) >= 11 is 3.58. The molecule has 5 nitrogen and oxygen atoms in total. The average Bonchev–Trinajstić information content (AvgIpc) is 3.05. The standard InChI is InChI=1S/C14H17BrN4O/c15-10-5-12-13(18-14(20)17-12)6-11(10)16-8-3-4-19(7-8)9-1-2-9/h5-6,8-9,16H,1-4,7H2,(H2,17,18,20). The van der Waals surface area contributed by atoms with Crippen molar-refractivity contribution in [2.75, 3.05) is 18.4 Å². The molecule has 4 rings (SSSR count). The van der Waals surface area contributed by atoms with Gasteiger partial charge in [-0.1, -0.05) is 0 Å². The first kappa shape index (κ1) is 12.5. The predicted molar refractivity (Wildman–Crippen MR) is 83.2 cm³/mol. The van der Waals surface area contributed by atoms with Crippen LogP contribution in [0.3, 0.4) is 0 Å². The third-order valence-corrected chi connectivity index (χ3v) is 4.90. The molecule has 1 atom stereocenters. The van der Waals surface area contributed by atoms with E-state index in [1.165, 1.54) is 25.8 Å². The number of H-pyrrole nitrogens is 2. The zero-order chi connectivity index (χ0) is 13.7. The van der Waals surface area contributed by atoms with Gasteiger partial charge in [-0.15, -0.1) is 0 Å². The van der Waals surface area contributed by atoms with E-state index >= 15 is 0 Å². The summed E-state index contributed by atoms with van der Waals surface area (Å²) in [6, 6.07) is 5.28. The van der Waals surface area contributed by atoms with Crippen LogP contribution in [0.15, 0.2) is 21.4 Å². The Balaban J connectivity index is 1.55. The molecule has 0 spiro atoms. The van der Waals surface area contributed by atoms with Crippen molar-refractivity contribution in [2.45, 2.75) is 31.3 Å². The number of hydrogen-bond donors (Lipinski definition) is 3. The Morgan fingerprint density at radius 2 is 1.95 bits per heavy atom. The van der Waals surface area contributed by atoms with Gasteiger partial charge >= 0.3 is 5.69 Å². The van der Waals surface area contributed by atoms with Gasteiger partial charge in [-0.3, -0.25) is 4.90 Å². The Morgan fingerprint density at radius 1 is 1.20 bits per heavy atom. The van der Waals surface area contributed by atoms with Crippen LogP contribution in [-0.4, -0.2) is 40.0 Å². The molecular formula is C14H17BrN4O. The van der Waals surface area contributed by atoms with Crippen molar-refractivity contribution in [1.82, 2.24) is 14.9 Å². The normalized spacial score (nSPS) is 23.6. The smallest absolute Gasteiger partial charge is 0.323 e. The molecule has 1 saturated carbocycles. The fourth-order valence-electron chi connectivity index (χ4n) is 3.06. The molecule has 3 N–H and O–H groups in total. The molecule has 2 aliphatic rings. The first-order chi connectivity index (χ1) is 9.69. The lowest BCUT2D eigenvalue weighted by Gasteiger charge is -2.17. The van der Waals surface area contributed by atoms with Crippen LogP contribution >= 0.6 is 15.9 Å². The van der Waals surface area contributed by atoms with Crippen LogP contribution in [0.1, 0.15) is 19.3 Å². The van der Waals surface area contributed by atoms with Crippen LogP contribution in [0.4, 0.5) is 5.69 Å². The minimum Gasteiger partial charge on any atom is -0.380 e. The second-order valence-electron chi connectivity index (χ2n) is 5.81. The number of hydrogen-bond acceptors (Lipinski definition) is 3. The summed E-state index contributed by atoms with van der Waals surface area (Å²) in [4.78, 5) is 19.5. The number of nitrogens with one attached hydrogen (secondary N) is 3. The van der Waals surface area contributed by atoms with Crippen molar-refractivity contribution in [3.05, 3.63) is 27.1 Å². The molecule has 0 amide bonds. The summed E-state index contributed by atoms with van der Waals surface area (Å²) in [6.45, 7) is 2.32. The van der Waals surface area contributed by atoms with Gasteiger partial charge in [-0.2, -0.15) is 0 Å². The zero-order valence-corrected chi connectivity index (χ0v) is 12.7. The average molecular weight is 337 g/mol. The van der Waals surface area contributed by atoms with Crippen molar-refractivity contribution in [3.63, 3.8) is 0 Å². The van der Waals surface area contributed by atoms with Crippen molar-refractivity contribution < 1.29 is 0 Å². The Hall–Kier alpha value is -1.27. The molecule has 20 heavy (non-hydrogen) atoms. The molecule has 1 aromatic carbocycles. The van der Waals surface area contributed by atoms with Crippen molar-refractivity contribution in [3.8, 4) is 0 Å². The predicted octanol–water partition coefficient (Wildman–Crippen LogP) is 2.27. The molecule has 1 saturated heterocycles. The lowest BCUT2D eigenvalue weighted by molar-refractivity contribution is 0.326. The highest BCUT2D eigenvalue weighted by Crippen LogP contribution is 2.32. The first-order valence-corrected chi connectivity index (χ1v) is 7.90. The lowest BCUT2D eigenvalue weighted by atomic mass is 10.2. The van der Waals surface area contributed by atoms with E-state index in [-0.39, 0.29) is 5.69 Å². The lowest BCUT2D eigenvalue weighted by Crippen LogP contribution is -2.27. The molecule has 1 aromatic heterocycles. The number of fused-ring (bicyclic) bond motifs is 1. The number of halogens is 1. The summed E-state index contributed by atoms with van der Waals surface area (Å²) < 4.78 is 0.991. The van der Waals surface area contributed by atoms with Gasteiger partial charge in [0.2, 0.25) is 0 Å². The molecule has 0 bridgehead atoms. The van der Waals surface area contributed by atoms with Crippen molar-refractivity contribution in [1.29, 1.82) is 0 Å². The summed E-state index contributed by atoms with van der Waals surface area (Å²) in [5.74, 6) is 0. The second kappa shape index (κ2) is 4.63. The molecule has 2 aromatic rings. The Bertz CT molecular complexity index is 703. The number of anilines is 1. The highest BCUT2D eigenvalue weighted by molar-refractivity contribution is 9.10. The van der Waals surface area contributed by atoms with E-state index in [4.69, 9.17) is 0 Å². The molecule has 106 valence electrons. The molecule has 1 aliphatic heterocycles. The van der Waals surface area contributed by atoms with Gasteiger partial charge in [0.15, 0.2) is 0 Å². The Morgan fingerprint density at radius 3 is 2.70 bits per heavy atom. The number of likely N-dealkylation sites (tertiary alicyclic amines) is 1. The maximum atomic E-state index is 11.3. The fourth-order valence-corrected chi connectivity index (χ4v) is 3.52. The summed E-state index contributed by atoms with van der Waals surface area (Å²) in [6.07, 6.45) is 3.92. The minimum atomic E-state index is -0.162. The Labute approximate surface area is 124 Å². The van der Waals surface area contributed by atoms with Gasteiger partial charge in [0, 0.05) is 29.6 Å². The van der Waals surface area contributed by atoms with E-state index in [1.54, 1.807) is 0 Å². The fraction of sp³-hybridized carbons (Fsp3) is 0.500. The van der Waals surface area contributed by atoms with Crippen LogP contribution in [-0.2, 0) is 0 Å². The van der Waals surface area contributed by atoms with E-state index in [2.05, 4.69) is 36.1 Å². The minimum absolute atomic E-state index is 0.162. The number of rotatable bonds is 3. The van der Waals surface area contributed by atoms with Crippen LogP contribution in [0.5, 0.6) is 0 Å². The molecule has 1 unspecified atom stereocenters. The summed E-state index contributed by atoms with van der Waals surface area (Å²) in [5, 5.41) is 3.60. The largest absolute Gasteiger partial charge is 0.380 e. The van der Waals surface area contributed by atoms with E-state index < -0.39 is 0 Å². The highest BCUT2D eigenvalue weighted by atomic mass is 79.9. The second-order valence-corrected chi connectivity index (χ2v) is 6.67. The summed E-state index contributed by atoms with van der Waals surface area (Å²) in [7, 11) is 0. The zero-order valence-electron chi connectivity index (χ0n) is 11.1. The van der Waals surface area contributed by atoms with Crippen molar-refractivity contribution >= 4 is 32.7 Å². The van der Waals surface area contributed by atoms with Gasteiger partial charge in [0.05, 0.1) is 16.7 Å². The van der Waals surface area contributed by atoms with E-state index in [9.17, 15) is 4.79 Å². The third kappa shape index (κ3) is 2.27. The molecule has 6 heteroatoms. The van der Waals surface area contributed by atoms with Gasteiger partial charge in [-0.25, -0.2) is 4.79 Å². The van der Waals surface area contributed by atoms with Gasteiger partial charge < -0.3 is 15.3 Å². The van der Waals surface area contributed by atoms with Crippen molar-refractivity contribution in [2.24, 2.45) is 0 Å². The number of aromatic nitrogens is 2. The molecule has 0 radical (unpaired) electrons. The van der Waals surface area contributed by atoms with Gasteiger partial charge in [0.1, 0.15) is 0 Å². The molecular weight excluding hydrogens is 320 g/mol. The first-order valence-electron chi connectivity index (χ1n) is 7.11. The van der Waals surface area contributed by atoms with Crippen LogP contribution < -0.4 is 11.0 Å². The van der Waals surface area contributed by atoms with Crippen LogP contribution in [0.25, 0.3) is 11.0 Å². The van der Waals surface area contributed by atoms with Crippen LogP contribution in [0.2, 0.25) is 0 Å². The molecule has 2 fully saturated rings. The van der Waals surface area contributed by atoms with E-state index in [0.29, 0.717) is 6.04 Å². The number of imidazole rings is 1. The van der Waals surface area contributed by atoms with Gasteiger partial charge in [-0.05, 0) is 47.3 Å². The number of aromatic amines is 2.